The second-order valence-electron chi connectivity index (χ2n) is 4.56. The molecule has 0 bridgehead atoms. The van der Waals surface area contributed by atoms with Gasteiger partial charge in [0, 0.05) is 13.0 Å². The molecular formula is C11H22N2O. The van der Waals surface area contributed by atoms with Crippen LogP contribution < -0.4 is 10.6 Å². The summed E-state index contributed by atoms with van der Waals surface area (Å²) in [6.07, 6.45) is 2.37. The summed E-state index contributed by atoms with van der Waals surface area (Å²) in [5, 5.41) is 6.43. The zero-order valence-electron chi connectivity index (χ0n) is 9.47. The lowest BCUT2D eigenvalue weighted by Crippen LogP contribution is -2.46. The summed E-state index contributed by atoms with van der Waals surface area (Å²) < 4.78 is 0. The summed E-state index contributed by atoms with van der Waals surface area (Å²) in [6, 6.07) is 0.356. The molecule has 0 saturated carbocycles. The number of carbonyl (C=O) groups is 1. The average Bonchev–Trinajstić information content (AvgIpc) is 2.15. The van der Waals surface area contributed by atoms with Crippen LogP contribution in [0.2, 0.25) is 0 Å². The third kappa shape index (κ3) is 3.29. The zero-order chi connectivity index (χ0) is 10.6. The molecule has 0 aromatic rings. The van der Waals surface area contributed by atoms with Crippen molar-refractivity contribution >= 4 is 5.91 Å². The highest BCUT2D eigenvalue weighted by Gasteiger charge is 2.26. The molecule has 82 valence electrons. The molecule has 1 rings (SSSR count). The average molecular weight is 198 g/mol. The standard InChI is InChI=1S/C11H22N2O/c1-8(2)11(13-9(3)14)10-4-6-12-7-5-10/h8,10-12H,4-7H2,1-3H3,(H,13,14). The molecular weight excluding hydrogens is 176 g/mol. The van der Waals surface area contributed by atoms with Gasteiger partial charge in [0.1, 0.15) is 0 Å². The van der Waals surface area contributed by atoms with Gasteiger partial charge in [0.2, 0.25) is 5.91 Å². The van der Waals surface area contributed by atoms with Gasteiger partial charge in [0.15, 0.2) is 0 Å². The summed E-state index contributed by atoms with van der Waals surface area (Å²) >= 11 is 0. The molecule has 14 heavy (non-hydrogen) atoms. The van der Waals surface area contributed by atoms with Gasteiger partial charge in [0.25, 0.3) is 0 Å². The molecule has 1 aliphatic rings. The summed E-state index contributed by atoms with van der Waals surface area (Å²) in [5.41, 5.74) is 0. The first-order chi connectivity index (χ1) is 6.61. The predicted octanol–water partition coefficient (Wildman–Crippen LogP) is 1.15. The van der Waals surface area contributed by atoms with Crippen LogP contribution in [0.25, 0.3) is 0 Å². The van der Waals surface area contributed by atoms with Gasteiger partial charge >= 0.3 is 0 Å². The molecule has 1 aliphatic heterocycles. The van der Waals surface area contributed by atoms with E-state index in [-0.39, 0.29) is 5.91 Å². The van der Waals surface area contributed by atoms with Crippen molar-refractivity contribution in [3.8, 4) is 0 Å². The van der Waals surface area contributed by atoms with E-state index in [0.29, 0.717) is 17.9 Å². The number of hydrogen-bond acceptors (Lipinski definition) is 2. The number of rotatable bonds is 3. The summed E-state index contributed by atoms with van der Waals surface area (Å²) in [7, 11) is 0. The van der Waals surface area contributed by atoms with E-state index < -0.39 is 0 Å². The molecule has 3 nitrogen and oxygen atoms in total. The normalized spacial score (nSPS) is 20.9. The van der Waals surface area contributed by atoms with Gasteiger partial charge in [-0.05, 0) is 37.8 Å². The van der Waals surface area contributed by atoms with Gasteiger partial charge in [-0.25, -0.2) is 0 Å². The maximum atomic E-state index is 11.1. The summed E-state index contributed by atoms with van der Waals surface area (Å²) in [4.78, 5) is 11.1. The fraction of sp³-hybridized carbons (Fsp3) is 0.909. The van der Waals surface area contributed by atoms with Gasteiger partial charge in [0.05, 0.1) is 0 Å². The Morgan fingerprint density at radius 3 is 2.36 bits per heavy atom. The largest absolute Gasteiger partial charge is 0.353 e. The molecule has 0 aromatic carbocycles. The summed E-state index contributed by atoms with van der Waals surface area (Å²) in [6.45, 7) is 8.16. The molecule has 1 saturated heterocycles. The van der Waals surface area contributed by atoms with E-state index in [2.05, 4.69) is 24.5 Å². The van der Waals surface area contributed by atoms with Crippen LogP contribution in [0.1, 0.15) is 33.6 Å². The molecule has 3 heteroatoms. The first-order valence-corrected chi connectivity index (χ1v) is 5.59. The van der Waals surface area contributed by atoms with Gasteiger partial charge in [-0.15, -0.1) is 0 Å². The zero-order valence-corrected chi connectivity index (χ0v) is 9.47. The fourth-order valence-corrected chi connectivity index (χ4v) is 2.27. The minimum Gasteiger partial charge on any atom is -0.353 e. The first kappa shape index (κ1) is 11.5. The van der Waals surface area contributed by atoms with Crippen molar-refractivity contribution < 1.29 is 4.79 Å². The number of nitrogens with one attached hydrogen (secondary N) is 2. The van der Waals surface area contributed by atoms with Crippen LogP contribution in [0, 0.1) is 11.8 Å². The second-order valence-corrected chi connectivity index (χ2v) is 4.56. The number of hydrogen-bond donors (Lipinski definition) is 2. The Kier molecular flexibility index (Phi) is 4.39. The maximum absolute atomic E-state index is 11.1. The number of amides is 1. The number of carbonyl (C=O) groups excluding carboxylic acids is 1. The van der Waals surface area contributed by atoms with Crippen LogP contribution in [-0.2, 0) is 4.79 Å². The molecule has 1 fully saturated rings. The lowest BCUT2D eigenvalue weighted by Gasteiger charge is -2.33. The quantitative estimate of drug-likeness (QED) is 0.714. The summed E-state index contributed by atoms with van der Waals surface area (Å²) in [5.74, 6) is 1.28. The Morgan fingerprint density at radius 1 is 1.36 bits per heavy atom. The van der Waals surface area contributed by atoms with Crippen LogP contribution in [0.15, 0.2) is 0 Å². The topological polar surface area (TPSA) is 41.1 Å². The molecule has 1 atom stereocenters. The number of piperidine rings is 1. The van der Waals surface area contributed by atoms with Crippen molar-refractivity contribution in [1.82, 2.24) is 10.6 Å². The van der Waals surface area contributed by atoms with Gasteiger partial charge in [-0.3, -0.25) is 4.79 Å². The lowest BCUT2D eigenvalue weighted by molar-refractivity contribution is -0.120. The SMILES string of the molecule is CC(=O)NC(C(C)C)C1CCNCC1. The van der Waals surface area contributed by atoms with E-state index >= 15 is 0 Å². The monoisotopic (exact) mass is 198 g/mol. The molecule has 0 aliphatic carbocycles. The smallest absolute Gasteiger partial charge is 0.217 e. The van der Waals surface area contributed by atoms with Crippen molar-refractivity contribution in [3.63, 3.8) is 0 Å². The van der Waals surface area contributed by atoms with Gasteiger partial charge in [-0.1, -0.05) is 13.8 Å². The third-order valence-corrected chi connectivity index (χ3v) is 2.98. The molecule has 0 aromatic heterocycles. The highest BCUT2D eigenvalue weighted by atomic mass is 16.1. The lowest BCUT2D eigenvalue weighted by atomic mass is 9.84. The molecule has 0 spiro atoms. The minimum atomic E-state index is 0.0993. The molecule has 1 heterocycles. The Hall–Kier alpha value is -0.570. The van der Waals surface area contributed by atoms with Crippen molar-refractivity contribution in [2.24, 2.45) is 11.8 Å². The molecule has 2 N–H and O–H groups in total. The van der Waals surface area contributed by atoms with E-state index in [1.54, 1.807) is 6.92 Å². The Labute approximate surface area is 86.6 Å². The predicted molar refractivity (Wildman–Crippen MR) is 58.0 cm³/mol. The Balaban J connectivity index is 2.51. The third-order valence-electron chi connectivity index (χ3n) is 2.98. The minimum absolute atomic E-state index is 0.0993. The van der Waals surface area contributed by atoms with Crippen molar-refractivity contribution in [2.75, 3.05) is 13.1 Å². The highest BCUT2D eigenvalue weighted by molar-refractivity contribution is 5.73. The van der Waals surface area contributed by atoms with Gasteiger partial charge < -0.3 is 10.6 Å². The molecule has 1 amide bonds. The van der Waals surface area contributed by atoms with Crippen LogP contribution in [0.3, 0.4) is 0 Å². The van der Waals surface area contributed by atoms with E-state index in [9.17, 15) is 4.79 Å². The fourth-order valence-electron chi connectivity index (χ4n) is 2.27. The Morgan fingerprint density at radius 2 is 1.93 bits per heavy atom. The van der Waals surface area contributed by atoms with Crippen LogP contribution in [0.5, 0.6) is 0 Å². The first-order valence-electron chi connectivity index (χ1n) is 5.59. The van der Waals surface area contributed by atoms with Gasteiger partial charge in [-0.2, -0.15) is 0 Å². The van der Waals surface area contributed by atoms with Crippen LogP contribution >= 0.6 is 0 Å². The Bertz CT molecular complexity index is 186. The highest BCUT2D eigenvalue weighted by Crippen LogP contribution is 2.21. The maximum Gasteiger partial charge on any atom is 0.217 e. The van der Waals surface area contributed by atoms with E-state index in [1.807, 2.05) is 0 Å². The van der Waals surface area contributed by atoms with Crippen LogP contribution in [-0.4, -0.2) is 25.0 Å². The van der Waals surface area contributed by atoms with E-state index in [4.69, 9.17) is 0 Å². The van der Waals surface area contributed by atoms with Crippen LogP contribution in [0.4, 0.5) is 0 Å². The van der Waals surface area contributed by atoms with Crippen molar-refractivity contribution in [3.05, 3.63) is 0 Å². The molecule has 1 unspecified atom stereocenters. The molecule has 0 radical (unpaired) electrons. The van der Waals surface area contributed by atoms with E-state index in [0.717, 1.165) is 13.1 Å². The second kappa shape index (κ2) is 5.35. The van der Waals surface area contributed by atoms with Crippen molar-refractivity contribution in [2.45, 2.75) is 39.7 Å². The van der Waals surface area contributed by atoms with E-state index in [1.165, 1.54) is 12.8 Å². The van der Waals surface area contributed by atoms with Crippen molar-refractivity contribution in [1.29, 1.82) is 0 Å².